The summed E-state index contributed by atoms with van der Waals surface area (Å²) in [5.41, 5.74) is 0.175. The van der Waals surface area contributed by atoms with E-state index in [2.05, 4.69) is 86.9 Å². The molecule has 0 saturated carbocycles. The summed E-state index contributed by atoms with van der Waals surface area (Å²) in [6.45, 7) is 17.1. The molecule has 0 aromatic rings. The van der Waals surface area contributed by atoms with E-state index in [1.807, 2.05) is 0 Å². The quantitative estimate of drug-likeness (QED) is 0.325. The maximum Gasteiger partial charge on any atom is 0.0606 e. The molecule has 0 aromatic carbocycles. The number of hydrogen-bond donors (Lipinski definition) is 0. The molecule has 30 heavy (non-hydrogen) atoms. The zero-order valence-corrected chi connectivity index (χ0v) is 20.5. The van der Waals surface area contributed by atoms with Gasteiger partial charge < -0.3 is 0 Å². The minimum absolute atomic E-state index is 0.0877. The van der Waals surface area contributed by atoms with E-state index in [0.29, 0.717) is 0 Å². The van der Waals surface area contributed by atoms with Crippen LogP contribution in [0.15, 0.2) is 0 Å². The monoisotopic (exact) mass is 408 g/mol. The van der Waals surface area contributed by atoms with Crippen molar-refractivity contribution in [3.05, 3.63) is 0 Å². The minimum atomic E-state index is 0.0877. The van der Waals surface area contributed by atoms with Gasteiger partial charge in [-0.1, -0.05) is 11.8 Å². The highest BCUT2D eigenvalue weighted by atomic mass is 15.2. The Morgan fingerprint density at radius 2 is 0.867 bits per heavy atom. The molecule has 2 heteroatoms. The number of nitrogens with zero attached hydrogens (tertiary/aromatic N) is 2. The molecule has 0 saturated heterocycles. The third kappa shape index (κ3) is 15.1. The van der Waals surface area contributed by atoms with E-state index in [-0.39, 0.29) is 11.1 Å². The molecule has 0 amide bonds. The number of unbranched alkanes of at least 4 members (excludes halogenated alkanes) is 6. The molecular weight excluding hydrogens is 364 g/mol. The Kier molecular flexibility index (Phi) is 15.0. The molecule has 0 rings (SSSR count). The van der Waals surface area contributed by atoms with E-state index in [9.17, 15) is 0 Å². The summed E-state index contributed by atoms with van der Waals surface area (Å²) >= 11 is 0. The van der Waals surface area contributed by atoms with Gasteiger partial charge in [-0.2, -0.15) is 0 Å². The van der Waals surface area contributed by atoms with Crippen molar-refractivity contribution in [1.82, 2.24) is 9.80 Å². The van der Waals surface area contributed by atoms with Crippen LogP contribution in [-0.4, -0.2) is 47.1 Å². The summed E-state index contributed by atoms with van der Waals surface area (Å²) < 4.78 is 0. The molecule has 0 spiro atoms. The zero-order valence-electron chi connectivity index (χ0n) is 20.5. The number of rotatable bonds is 11. The van der Waals surface area contributed by atoms with Crippen molar-refractivity contribution in [2.45, 2.75) is 104 Å². The van der Waals surface area contributed by atoms with Gasteiger partial charge in [-0.3, -0.25) is 9.80 Å². The molecule has 2 nitrogen and oxygen atoms in total. The highest BCUT2D eigenvalue weighted by molar-refractivity contribution is 5.04. The van der Waals surface area contributed by atoms with Gasteiger partial charge in [0.1, 0.15) is 0 Å². The molecule has 166 valence electrons. The topological polar surface area (TPSA) is 6.48 Å². The van der Waals surface area contributed by atoms with Crippen LogP contribution in [-0.2, 0) is 0 Å². The maximum atomic E-state index is 5.30. The van der Waals surface area contributed by atoms with E-state index in [4.69, 9.17) is 12.8 Å². The second kappa shape index (κ2) is 15.9. The van der Waals surface area contributed by atoms with Crippen LogP contribution in [0.1, 0.15) is 92.9 Å². The van der Waals surface area contributed by atoms with Crippen LogP contribution in [0.4, 0.5) is 0 Å². The van der Waals surface area contributed by atoms with Crippen molar-refractivity contribution >= 4 is 0 Å². The van der Waals surface area contributed by atoms with E-state index in [1.54, 1.807) is 0 Å². The highest BCUT2D eigenvalue weighted by Crippen LogP contribution is 2.16. The third-order valence-corrected chi connectivity index (χ3v) is 5.07. The van der Waals surface area contributed by atoms with Gasteiger partial charge in [0.25, 0.3) is 0 Å². The molecule has 0 aliphatic rings. The maximum absolute atomic E-state index is 5.30. The van der Waals surface area contributed by atoms with Crippen molar-refractivity contribution in [1.29, 1.82) is 0 Å². The SMILES string of the molecule is C#CCCCCC#CCN(CCN(CC#CCCCCC#C)C(C)(C)C)C(C)(C)C. The second-order valence-electron chi connectivity index (χ2n) is 9.71. The lowest BCUT2D eigenvalue weighted by Gasteiger charge is -2.39. The van der Waals surface area contributed by atoms with Crippen LogP contribution in [0, 0.1) is 48.4 Å². The van der Waals surface area contributed by atoms with E-state index in [0.717, 1.165) is 77.5 Å². The van der Waals surface area contributed by atoms with Crippen LogP contribution in [0.5, 0.6) is 0 Å². The minimum Gasteiger partial charge on any atom is -0.286 e. The van der Waals surface area contributed by atoms with Gasteiger partial charge in [0.05, 0.1) is 13.1 Å². The summed E-state index contributed by atoms with van der Waals surface area (Å²) in [5.74, 6) is 18.8. The van der Waals surface area contributed by atoms with Crippen LogP contribution in [0.2, 0.25) is 0 Å². The molecule has 0 bridgehead atoms. The van der Waals surface area contributed by atoms with Crippen molar-refractivity contribution in [2.24, 2.45) is 0 Å². The van der Waals surface area contributed by atoms with Crippen molar-refractivity contribution in [3.63, 3.8) is 0 Å². The van der Waals surface area contributed by atoms with Gasteiger partial charge in [-0.25, -0.2) is 0 Å². The smallest absolute Gasteiger partial charge is 0.0606 e. The Labute approximate surface area is 188 Å². The first-order valence-corrected chi connectivity index (χ1v) is 11.4. The van der Waals surface area contributed by atoms with Gasteiger partial charge in [-0.05, 0) is 67.2 Å². The predicted molar refractivity (Wildman–Crippen MR) is 133 cm³/mol. The van der Waals surface area contributed by atoms with Gasteiger partial charge in [-0.15, -0.1) is 36.5 Å². The fraction of sp³-hybridized carbons (Fsp3) is 0.714. The molecule has 0 aromatic heterocycles. The Bertz CT molecular complexity index is 593. The predicted octanol–water partition coefficient (Wildman–Crippen LogP) is 5.58. The fourth-order valence-electron chi connectivity index (χ4n) is 2.91. The van der Waals surface area contributed by atoms with Gasteiger partial charge in [0.15, 0.2) is 0 Å². The van der Waals surface area contributed by atoms with Gasteiger partial charge in [0.2, 0.25) is 0 Å². The summed E-state index contributed by atoms with van der Waals surface area (Å²) in [6, 6.07) is 0. The molecule has 0 aliphatic carbocycles. The molecule has 0 radical (unpaired) electrons. The largest absolute Gasteiger partial charge is 0.286 e. The Morgan fingerprint density at radius 1 is 0.533 bits per heavy atom. The zero-order chi connectivity index (χ0) is 22.9. The normalized spacial score (nSPS) is 11.3. The average molecular weight is 409 g/mol. The number of terminal acetylenes is 2. The summed E-state index contributed by atoms with van der Waals surface area (Å²) in [4.78, 5) is 4.93. The highest BCUT2D eigenvalue weighted by Gasteiger charge is 2.24. The lowest BCUT2D eigenvalue weighted by molar-refractivity contribution is 0.0973. The van der Waals surface area contributed by atoms with Crippen LogP contribution < -0.4 is 0 Å². The Hall–Kier alpha value is -1.84. The first kappa shape index (κ1) is 28.2. The second-order valence-corrected chi connectivity index (χ2v) is 9.71. The summed E-state index contributed by atoms with van der Waals surface area (Å²) in [5, 5.41) is 0. The van der Waals surface area contributed by atoms with Gasteiger partial charge >= 0.3 is 0 Å². The van der Waals surface area contributed by atoms with Crippen LogP contribution in [0.3, 0.4) is 0 Å². The summed E-state index contributed by atoms with van der Waals surface area (Å²) in [6.07, 6.45) is 18.5. The summed E-state index contributed by atoms with van der Waals surface area (Å²) in [7, 11) is 0. The van der Waals surface area contributed by atoms with Crippen molar-refractivity contribution < 1.29 is 0 Å². The van der Waals surface area contributed by atoms with Crippen LogP contribution >= 0.6 is 0 Å². The molecule has 0 fully saturated rings. The lowest BCUT2D eigenvalue weighted by atomic mass is 10.0. The van der Waals surface area contributed by atoms with Gasteiger partial charge in [0, 0.05) is 49.9 Å². The molecular formula is C28H44N2. The van der Waals surface area contributed by atoms with E-state index in [1.165, 1.54) is 0 Å². The lowest BCUT2D eigenvalue weighted by Crippen LogP contribution is -2.49. The van der Waals surface area contributed by atoms with Crippen molar-refractivity contribution in [2.75, 3.05) is 26.2 Å². The van der Waals surface area contributed by atoms with Crippen LogP contribution in [0.25, 0.3) is 0 Å². The average Bonchev–Trinajstić information content (AvgIpc) is 2.65. The third-order valence-electron chi connectivity index (χ3n) is 5.07. The van der Waals surface area contributed by atoms with E-state index < -0.39 is 0 Å². The molecule has 0 heterocycles. The van der Waals surface area contributed by atoms with E-state index >= 15 is 0 Å². The molecule has 0 aliphatic heterocycles. The molecule has 0 N–H and O–H groups in total. The molecule has 0 atom stereocenters. The first-order valence-electron chi connectivity index (χ1n) is 11.4. The fourth-order valence-corrected chi connectivity index (χ4v) is 2.91. The molecule has 0 unspecified atom stereocenters. The number of hydrogen-bond acceptors (Lipinski definition) is 2. The van der Waals surface area contributed by atoms with Crippen molar-refractivity contribution in [3.8, 4) is 48.4 Å². The Morgan fingerprint density at radius 3 is 1.17 bits per heavy atom. The Balaban J connectivity index is 4.69. The standard InChI is InChI=1S/C28H44N2/c1-9-11-13-15-17-19-21-23-29(27(3,4)5)25-26-30(28(6,7)8)24-22-20-18-16-14-12-10-2/h1-2H,11-18,23-26H2,3-8H3. The first-order chi connectivity index (χ1) is 14.1.